The first kappa shape index (κ1) is 19.1. The number of aromatic amines is 1. The van der Waals surface area contributed by atoms with Crippen LogP contribution in [0, 0.1) is 0 Å². The number of phosphoric acid groups is 3. The fraction of sp³-hybridized carbons (Fsp3) is 0. The Hall–Kier alpha value is -0.970. The van der Waals surface area contributed by atoms with Crippen LogP contribution >= 0.6 is 23.5 Å². The van der Waals surface area contributed by atoms with E-state index in [-0.39, 0.29) is 0 Å². The maximum Gasteiger partial charge on any atom is 0.490 e. The molecule has 124 valence electrons. The van der Waals surface area contributed by atoms with Crippen LogP contribution in [0.15, 0.2) is 24.8 Å². The molecule has 2 aliphatic heterocycles. The van der Waals surface area contributed by atoms with Crippen molar-refractivity contribution in [2.75, 3.05) is 0 Å². The molecule has 0 aliphatic carbocycles. The molecule has 0 unspecified atom stereocenters. The van der Waals surface area contributed by atoms with E-state index >= 15 is 0 Å². The Bertz CT molecular complexity index is 665. The van der Waals surface area contributed by atoms with Crippen molar-refractivity contribution < 1.29 is 46.8 Å². The van der Waals surface area contributed by atoms with E-state index in [0.717, 1.165) is 11.4 Å². The van der Waals surface area contributed by atoms with Crippen molar-refractivity contribution in [3.05, 3.63) is 24.8 Å². The highest BCUT2D eigenvalue weighted by Crippen LogP contribution is 2.64. The summed E-state index contributed by atoms with van der Waals surface area (Å²) in [7, 11) is -16.2. The molecule has 22 heavy (non-hydrogen) atoms. The van der Waals surface area contributed by atoms with Gasteiger partial charge >= 0.3 is 23.5 Å². The average Bonchev–Trinajstić information content (AvgIpc) is 2.70. The van der Waals surface area contributed by atoms with E-state index in [1.54, 1.807) is 18.7 Å². The van der Waals surface area contributed by atoms with Crippen molar-refractivity contribution in [1.82, 2.24) is 15.0 Å². The third-order valence-corrected chi connectivity index (χ3v) is 4.99. The summed E-state index contributed by atoms with van der Waals surface area (Å²) in [5.41, 5.74) is 1.95. The molecule has 2 heterocycles. The highest BCUT2D eigenvalue weighted by Gasteiger charge is 2.38. The highest BCUT2D eigenvalue weighted by molar-refractivity contribution is 7.66. The van der Waals surface area contributed by atoms with Gasteiger partial charge in [-0.1, -0.05) is 0 Å². The number of hydrogen-bond donors (Lipinski definition) is 6. The lowest BCUT2D eigenvalue weighted by Gasteiger charge is -2.11. The van der Waals surface area contributed by atoms with Crippen LogP contribution in [0.5, 0.6) is 0 Å². The minimum absolute atomic E-state index is 0.914. The molecule has 0 atom stereocenters. The van der Waals surface area contributed by atoms with E-state index < -0.39 is 23.5 Å². The summed E-state index contributed by atoms with van der Waals surface area (Å²) in [5, 5.41) is 0. The zero-order chi connectivity index (χ0) is 17.0. The Kier molecular flexibility index (Phi) is 6.13. The van der Waals surface area contributed by atoms with E-state index in [0.29, 0.717) is 0 Å². The van der Waals surface area contributed by atoms with Crippen LogP contribution < -0.4 is 0 Å². The van der Waals surface area contributed by atoms with E-state index in [4.69, 9.17) is 24.5 Å². The van der Waals surface area contributed by atoms with Crippen molar-refractivity contribution in [2.24, 2.45) is 0 Å². The van der Waals surface area contributed by atoms with Crippen molar-refractivity contribution in [3.63, 3.8) is 0 Å². The molecule has 0 bridgehead atoms. The quantitative estimate of drug-likeness (QED) is 0.395. The van der Waals surface area contributed by atoms with Crippen molar-refractivity contribution in [2.45, 2.75) is 0 Å². The van der Waals surface area contributed by atoms with Crippen LogP contribution in [0.1, 0.15) is 0 Å². The molecule has 0 saturated heterocycles. The van der Waals surface area contributed by atoms with Gasteiger partial charge in [0.05, 0.1) is 18.2 Å². The second-order valence-corrected chi connectivity index (χ2v) is 7.61. The van der Waals surface area contributed by atoms with Crippen LogP contribution in [0.3, 0.4) is 0 Å². The summed E-state index contributed by atoms with van der Waals surface area (Å²) in [6, 6.07) is 1.91. The Morgan fingerprint density at radius 3 is 2.00 bits per heavy atom. The lowest BCUT2D eigenvalue weighted by Crippen LogP contribution is -1.91. The number of fused-ring (bicyclic) bond motifs is 1. The summed E-state index contributed by atoms with van der Waals surface area (Å²) in [6.07, 6.45) is 5.12. The van der Waals surface area contributed by atoms with E-state index in [2.05, 4.69) is 23.6 Å². The second kappa shape index (κ2) is 7.07. The Morgan fingerprint density at radius 1 is 1.00 bits per heavy atom. The Morgan fingerprint density at radius 2 is 1.55 bits per heavy atom. The first-order valence-electron chi connectivity index (χ1n) is 4.98. The van der Waals surface area contributed by atoms with Gasteiger partial charge in [-0.25, -0.2) is 18.7 Å². The molecule has 0 aromatic rings. The van der Waals surface area contributed by atoms with Gasteiger partial charge in [0.15, 0.2) is 0 Å². The van der Waals surface area contributed by atoms with Crippen LogP contribution in [-0.4, -0.2) is 39.4 Å². The second-order valence-electron chi connectivity index (χ2n) is 3.41. The maximum atomic E-state index is 10.4. The number of H-pyrrole nitrogens is 1. The van der Waals surface area contributed by atoms with Gasteiger partial charge in [0.2, 0.25) is 0 Å². The minimum Gasteiger partial charge on any atom is -0.345 e. The van der Waals surface area contributed by atoms with Gasteiger partial charge in [-0.2, -0.15) is 8.62 Å². The number of nitrogens with zero attached hydrogens (tertiary/aromatic N) is 2. The Labute approximate surface area is 122 Å². The van der Waals surface area contributed by atoms with Crippen molar-refractivity contribution in [1.29, 1.82) is 0 Å². The van der Waals surface area contributed by atoms with E-state index in [1.165, 1.54) is 0 Å². The molecule has 0 amide bonds. The molecular formula is C6H10N3O10P3. The monoisotopic (exact) mass is 377 g/mol. The lowest BCUT2D eigenvalue weighted by molar-refractivity contribution is 0.204. The smallest absolute Gasteiger partial charge is 0.345 e. The predicted molar refractivity (Wildman–Crippen MR) is 69.1 cm³/mol. The van der Waals surface area contributed by atoms with Gasteiger partial charge in [0.1, 0.15) is 5.69 Å². The molecule has 2 rings (SSSR count). The van der Waals surface area contributed by atoms with Crippen molar-refractivity contribution in [3.8, 4) is 11.4 Å². The first-order chi connectivity index (χ1) is 9.88. The topological polar surface area (TPSA) is 212 Å². The summed E-state index contributed by atoms with van der Waals surface area (Å²) in [6.45, 7) is 0. The zero-order valence-electron chi connectivity index (χ0n) is 10.3. The predicted octanol–water partition coefficient (Wildman–Crippen LogP) is 0.215. The normalized spacial score (nSPS) is 12.8. The molecule has 0 aromatic carbocycles. The van der Waals surface area contributed by atoms with Gasteiger partial charge < -0.3 is 29.5 Å². The average molecular weight is 377 g/mol. The molecule has 16 heteroatoms. The molecular weight excluding hydrogens is 367 g/mol. The molecule has 0 fully saturated rings. The molecule has 6 N–H and O–H groups in total. The summed E-state index contributed by atoms with van der Waals surface area (Å²) >= 11 is 0. The molecule has 13 nitrogen and oxygen atoms in total. The fourth-order valence-electron chi connectivity index (χ4n) is 1.07. The molecule has 0 radical (unpaired) electrons. The van der Waals surface area contributed by atoms with Crippen molar-refractivity contribution >= 4 is 23.5 Å². The SMILES string of the molecule is O=P(O)(O)OP(=O)(O)OP(=O)(O)O.c1cc2[nH]cncc-2n1. The standard InChI is InChI=1S/C6H5N3.H5O10P3/c1-2-8-6-3-7-4-9-5(1)6;1-11(2,3)9-13(7,8)10-12(4,5)6/h1-4H,(H,7,9);(H,7,8)(H2,1,2,3)(H2,4,5,6). The number of rotatable bonds is 4. The number of nitrogens with one attached hydrogen (secondary N) is 1. The van der Waals surface area contributed by atoms with Gasteiger partial charge in [0.25, 0.3) is 0 Å². The molecule has 0 aromatic heterocycles. The fourth-order valence-corrected chi connectivity index (χ4v) is 3.61. The van der Waals surface area contributed by atoms with Crippen LogP contribution in [-0.2, 0) is 22.3 Å². The maximum absolute atomic E-state index is 10.4. The third-order valence-electron chi connectivity index (χ3n) is 1.64. The Balaban J connectivity index is 0.000000231. The lowest BCUT2D eigenvalue weighted by atomic mass is 10.3. The van der Waals surface area contributed by atoms with E-state index in [9.17, 15) is 13.7 Å². The zero-order valence-corrected chi connectivity index (χ0v) is 13.0. The largest absolute Gasteiger partial charge is 0.490 e. The van der Waals surface area contributed by atoms with Gasteiger partial charge in [0, 0.05) is 6.20 Å². The van der Waals surface area contributed by atoms with Gasteiger partial charge in [-0.05, 0) is 6.07 Å². The molecule has 2 aliphatic rings. The highest BCUT2D eigenvalue weighted by atomic mass is 31.3. The van der Waals surface area contributed by atoms with Crippen LogP contribution in [0.25, 0.3) is 11.4 Å². The number of hydrogen-bond acceptors (Lipinski definition) is 7. The van der Waals surface area contributed by atoms with Crippen LogP contribution in [0.2, 0.25) is 0 Å². The third kappa shape index (κ3) is 7.87. The first-order valence-corrected chi connectivity index (χ1v) is 9.53. The van der Waals surface area contributed by atoms with E-state index in [1.807, 2.05) is 6.07 Å². The van der Waals surface area contributed by atoms with Gasteiger partial charge in [-0.15, -0.1) is 0 Å². The summed E-state index contributed by atoms with van der Waals surface area (Å²) < 4.78 is 36.4. The molecule has 0 saturated carbocycles. The minimum atomic E-state index is -5.46. The summed E-state index contributed by atoms with van der Waals surface area (Å²) in [4.78, 5) is 51.1. The number of aromatic nitrogens is 3. The molecule has 0 spiro atoms. The van der Waals surface area contributed by atoms with Gasteiger partial charge in [-0.3, -0.25) is 4.98 Å². The van der Waals surface area contributed by atoms with Crippen LogP contribution in [0.4, 0.5) is 0 Å². The summed E-state index contributed by atoms with van der Waals surface area (Å²) in [5.74, 6) is 0.